The summed E-state index contributed by atoms with van der Waals surface area (Å²) in [6.07, 6.45) is 6.35. The highest BCUT2D eigenvalue weighted by Gasteiger charge is 2.21. The van der Waals surface area contributed by atoms with Gasteiger partial charge in [-0.1, -0.05) is 42.5 Å². The Hall–Kier alpha value is -2.15. The number of amides is 1. The van der Waals surface area contributed by atoms with Crippen LogP contribution >= 0.6 is 11.8 Å². The summed E-state index contributed by atoms with van der Waals surface area (Å²) >= 11 is 1.39. The van der Waals surface area contributed by atoms with Gasteiger partial charge in [0.25, 0.3) is 0 Å². The average molecular weight is 372 g/mol. The second-order valence-corrected chi connectivity index (χ2v) is 7.53. The highest BCUT2D eigenvalue weighted by Crippen LogP contribution is 2.25. The number of tetrazole rings is 1. The molecule has 1 amide bonds. The fourth-order valence-electron chi connectivity index (χ4n) is 3.22. The fourth-order valence-corrected chi connectivity index (χ4v) is 3.98. The van der Waals surface area contributed by atoms with Crippen LogP contribution in [0.25, 0.3) is 5.69 Å². The van der Waals surface area contributed by atoms with Crippen molar-refractivity contribution in [3.05, 3.63) is 41.1 Å². The molecule has 0 saturated carbocycles. The molecule has 1 aromatic carbocycles. The summed E-state index contributed by atoms with van der Waals surface area (Å²) < 4.78 is 1.71. The molecule has 1 aliphatic carbocycles. The molecule has 0 N–H and O–H groups in total. The van der Waals surface area contributed by atoms with Crippen molar-refractivity contribution >= 4 is 17.7 Å². The Morgan fingerprint density at radius 1 is 1.35 bits per heavy atom. The second kappa shape index (κ2) is 8.49. The average Bonchev–Trinajstić information content (AvgIpc) is 3.29. The van der Waals surface area contributed by atoms with Gasteiger partial charge in [0.1, 0.15) is 0 Å². The minimum absolute atomic E-state index is 0.125. The van der Waals surface area contributed by atoms with Crippen LogP contribution in [0.2, 0.25) is 0 Å². The summed E-state index contributed by atoms with van der Waals surface area (Å²) in [4.78, 5) is 14.7. The van der Waals surface area contributed by atoms with E-state index in [0.717, 1.165) is 43.5 Å². The number of aryl methyl sites for hydroxylation is 2. The van der Waals surface area contributed by atoms with Crippen LogP contribution in [0.1, 0.15) is 43.7 Å². The Bertz CT molecular complexity index is 814. The van der Waals surface area contributed by atoms with Gasteiger partial charge in [-0.05, 0) is 61.6 Å². The van der Waals surface area contributed by atoms with Gasteiger partial charge in [0.15, 0.2) is 0 Å². The van der Waals surface area contributed by atoms with Crippen molar-refractivity contribution in [3.63, 3.8) is 0 Å². The molecular formula is C19H25N5OS. The molecule has 1 aromatic heterocycles. The highest BCUT2D eigenvalue weighted by atomic mass is 32.2. The van der Waals surface area contributed by atoms with Crippen LogP contribution in [0.15, 0.2) is 35.1 Å². The zero-order valence-electron chi connectivity index (χ0n) is 15.6. The minimum Gasteiger partial charge on any atom is -0.316 e. The Morgan fingerprint density at radius 2 is 2.19 bits per heavy atom. The normalized spacial score (nSPS) is 13.7. The minimum atomic E-state index is 0.125. The first-order valence-electron chi connectivity index (χ1n) is 9.08. The van der Waals surface area contributed by atoms with Crippen molar-refractivity contribution in [1.29, 1.82) is 0 Å². The van der Waals surface area contributed by atoms with E-state index < -0.39 is 0 Å². The van der Waals surface area contributed by atoms with Crippen molar-refractivity contribution in [2.75, 3.05) is 12.3 Å². The predicted octanol–water partition coefficient (Wildman–Crippen LogP) is 3.68. The van der Waals surface area contributed by atoms with E-state index in [1.165, 1.54) is 23.0 Å². The standard InChI is InChI=1S/C19H25N5OS/c1-4-11-23(16-7-5-6-8-16)18(25)13-26-19-20-21-22-24(19)17-10-9-14(2)12-15(17)3/h7,9-10,12H,4-6,8,11,13H2,1-3H3. The topological polar surface area (TPSA) is 63.9 Å². The molecule has 0 unspecified atom stereocenters. The summed E-state index contributed by atoms with van der Waals surface area (Å²) in [5.41, 5.74) is 4.42. The van der Waals surface area contributed by atoms with Gasteiger partial charge < -0.3 is 4.90 Å². The number of thioether (sulfide) groups is 1. The van der Waals surface area contributed by atoms with Crippen molar-refractivity contribution in [1.82, 2.24) is 25.1 Å². The van der Waals surface area contributed by atoms with Crippen LogP contribution in [0.4, 0.5) is 0 Å². The number of nitrogens with zero attached hydrogens (tertiary/aromatic N) is 5. The lowest BCUT2D eigenvalue weighted by Gasteiger charge is -2.23. The Kier molecular flexibility index (Phi) is 6.08. The smallest absolute Gasteiger partial charge is 0.237 e. The quantitative estimate of drug-likeness (QED) is 0.695. The van der Waals surface area contributed by atoms with Gasteiger partial charge in [0.05, 0.1) is 11.4 Å². The van der Waals surface area contributed by atoms with E-state index >= 15 is 0 Å². The highest BCUT2D eigenvalue weighted by molar-refractivity contribution is 7.99. The van der Waals surface area contributed by atoms with E-state index in [1.54, 1.807) is 4.68 Å². The SMILES string of the molecule is CCCN(C(=O)CSc1nnnn1-c1ccc(C)cc1C)C1=CCCC1. The Balaban J connectivity index is 1.72. The molecule has 0 atom stereocenters. The largest absolute Gasteiger partial charge is 0.316 e. The zero-order chi connectivity index (χ0) is 18.5. The van der Waals surface area contributed by atoms with Crippen LogP contribution in [-0.2, 0) is 4.79 Å². The molecule has 1 aliphatic rings. The molecule has 138 valence electrons. The van der Waals surface area contributed by atoms with Crippen LogP contribution in [-0.4, -0.2) is 43.3 Å². The van der Waals surface area contributed by atoms with Gasteiger partial charge in [0.2, 0.25) is 11.1 Å². The van der Waals surface area contributed by atoms with Crippen molar-refractivity contribution in [2.24, 2.45) is 0 Å². The molecule has 0 spiro atoms. The van der Waals surface area contributed by atoms with Gasteiger partial charge in [-0.15, -0.1) is 5.10 Å². The Labute approximate surface area is 158 Å². The first kappa shape index (κ1) is 18.6. The summed E-state index contributed by atoms with van der Waals surface area (Å²) in [5.74, 6) is 0.461. The van der Waals surface area contributed by atoms with Gasteiger partial charge in [0, 0.05) is 12.2 Å². The maximum atomic E-state index is 12.8. The molecule has 6 nitrogen and oxygen atoms in total. The lowest BCUT2D eigenvalue weighted by molar-refractivity contribution is -0.126. The lowest BCUT2D eigenvalue weighted by atomic mass is 10.1. The third-order valence-electron chi connectivity index (χ3n) is 4.46. The number of hydrogen-bond acceptors (Lipinski definition) is 5. The number of allylic oxidation sites excluding steroid dienone is 2. The van der Waals surface area contributed by atoms with E-state index in [-0.39, 0.29) is 5.91 Å². The number of aromatic nitrogens is 4. The zero-order valence-corrected chi connectivity index (χ0v) is 16.4. The third kappa shape index (κ3) is 4.15. The Morgan fingerprint density at radius 3 is 2.88 bits per heavy atom. The van der Waals surface area contributed by atoms with E-state index in [0.29, 0.717) is 10.9 Å². The van der Waals surface area contributed by atoms with Crippen molar-refractivity contribution in [2.45, 2.75) is 51.6 Å². The molecule has 0 bridgehead atoms. The molecule has 26 heavy (non-hydrogen) atoms. The predicted molar refractivity (Wildman–Crippen MR) is 103 cm³/mol. The van der Waals surface area contributed by atoms with Crippen LogP contribution < -0.4 is 0 Å². The molecular weight excluding hydrogens is 346 g/mol. The van der Waals surface area contributed by atoms with E-state index in [1.807, 2.05) is 24.0 Å². The van der Waals surface area contributed by atoms with Gasteiger partial charge >= 0.3 is 0 Å². The summed E-state index contributed by atoms with van der Waals surface area (Å²) in [6.45, 7) is 6.97. The van der Waals surface area contributed by atoms with Crippen LogP contribution in [0.5, 0.6) is 0 Å². The van der Waals surface area contributed by atoms with E-state index in [4.69, 9.17) is 0 Å². The summed E-state index contributed by atoms with van der Waals surface area (Å²) in [5, 5.41) is 12.7. The van der Waals surface area contributed by atoms with Crippen molar-refractivity contribution in [3.8, 4) is 5.69 Å². The molecule has 0 saturated heterocycles. The van der Waals surface area contributed by atoms with E-state index in [2.05, 4.69) is 41.5 Å². The van der Waals surface area contributed by atoms with Gasteiger partial charge in [-0.3, -0.25) is 4.79 Å². The molecule has 1 heterocycles. The maximum Gasteiger partial charge on any atom is 0.237 e. The lowest BCUT2D eigenvalue weighted by Crippen LogP contribution is -2.32. The third-order valence-corrected chi connectivity index (χ3v) is 5.36. The first-order chi connectivity index (χ1) is 12.6. The molecule has 7 heteroatoms. The molecule has 0 fully saturated rings. The maximum absolute atomic E-state index is 12.8. The van der Waals surface area contributed by atoms with E-state index in [9.17, 15) is 4.79 Å². The van der Waals surface area contributed by atoms with Crippen molar-refractivity contribution < 1.29 is 4.79 Å². The number of hydrogen-bond donors (Lipinski definition) is 0. The van der Waals surface area contributed by atoms with Gasteiger partial charge in [-0.25, -0.2) is 0 Å². The first-order valence-corrected chi connectivity index (χ1v) is 10.1. The number of benzene rings is 1. The number of rotatable bonds is 7. The summed E-state index contributed by atoms with van der Waals surface area (Å²) in [7, 11) is 0. The second-order valence-electron chi connectivity index (χ2n) is 6.58. The van der Waals surface area contributed by atoms with Crippen LogP contribution in [0, 0.1) is 13.8 Å². The number of carbonyl (C=O) groups excluding carboxylic acids is 1. The molecule has 2 aromatic rings. The monoisotopic (exact) mass is 371 g/mol. The van der Waals surface area contributed by atoms with Crippen LogP contribution in [0.3, 0.4) is 0 Å². The summed E-state index contributed by atoms with van der Waals surface area (Å²) in [6, 6.07) is 6.16. The number of carbonyl (C=O) groups is 1. The van der Waals surface area contributed by atoms with Gasteiger partial charge in [-0.2, -0.15) is 4.68 Å². The molecule has 3 rings (SSSR count). The molecule has 0 aliphatic heterocycles. The molecule has 0 radical (unpaired) electrons. The fraction of sp³-hybridized carbons (Fsp3) is 0.474.